The molecular weight excluding hydrogens is 171 g/mol. The summed E-state index contributed by atoms with van der Waals surface area (Å²) >= 11 is 0. The topological polar surface area (TPSA) is 22.1 Å². The Labute approximate surface area is 67.0 Å². The van der Waals surface area contributed by atoms with Crippen LogP contribution in [0.3, 0.4) is 0 Å². The molecule has 0 atom stereocenters. The summed E-state index contributed by atoms with van der Waals surface area (Å²) in [5.41, 5.74) is 0.233. The predicted octanol–water partition coefficient (Wildman–Crippen LogP) is 2.16. The van der Waals surface area contributed by atoms with Gasteiger partial charge in [-0.1, -0.05) is 0 Å². The Bertz CT molecular complexity index is 272. The molecule has 0 aromatic carbocycles. The van der Waals surface area contributed by atoms with Crippen molar-refractivity contribution in [1.29, 1.82) is 0 Å². The molecule has 0 spiro atoms. The minimum absolute atomic E-state index is 0.233. The molecule has 1 heterocycles. The Morgan fingerprint density at radius 1 is 1.42 bits per heavy atom. The van der Waals surface area contributed by atoms with Gasteiger partial charge in [0.1, 0.15) is 5.75 Å². The fourth-order valence-electron chi connectivity index (χ4n) is 0.653. The predicted molar refractivity (Wildman–Crippen MR) is 35.4 cm³/mol. The van der Waals surface area contributed by atoms with E-state index in [-0.39, 0.29) is 11.4 Å². The first-order valence-corrected chi connectivity index (χ1v) is 3.01. The minimum Gasteiger partial charge on any atom is -0.406 e. The summed E-state index contributed by atoms with van der Waals surface area (Å²) in [4.78, 5) is 3.61. The maximum Gasteiger partial charge on any atom is 0.573 e. The number of halogens is 3. The zero-order chi connectivity index (χ0) is 9.19. The Kier molecular flexibility index (Phi) is 2.21. The highest BCUT2D eigenvalue weighted by atomic mass is 19.4. The maximum absolute atomic E-state index is 11.6. The fourth-order valence-corrected chi connectivity index (χ4v) is 0.653. The highest BCUT2D eigenvalue weighted by Gasteiger charge is 2.30. The molecule has 1 aromatic heterocycles. The van der Waals surface area contributed by atoms with Crippen LogP contribution in [0.1, 0.15) is 5.69 Å². The molecule has 0 bridgehead atoms. The summed E-state index contributed by atoms with van der Waals surface area (Å²) in [7, 11) is 0. The lowest BCUT2D eigenvalue weighted by Gasteiger charge is -2.07. The molecule has 0 N–H and O–H groups in total. The van der Waals surface area contributed by atoms with Crippen LogP contribution in [0.25, 0.3) is 0 Å². The van der Waals surface area contributed by atoms with E-state index in [0.717, 1.165) is 12.1 Å². The average molecular weight is 176 g/mol. The van der Waals surface area contributed by atoms with Gasteiger partial charge < -0.3 is 4.74 Å². The molecule has 1 aromatic rings. The van der Waals surface area contributed by atoms with Crippen molar-refractivity contribution in [2.75, 3.05) is 0 Å². The smallest absolute Gasteiger partial charge is 0.406 e. The van der Waals surface area contributed by atoms with Gasteiger partial charge in [0.2, 0.25) is 0 Å². The van der Waals surface area contributed by atoms with Gasteiger partial charge in [0.05, 0.1) is 0 Å². The highest BCUT2D eigenvalue weighted by molar-refractivity contribution is 5.23. The third-order valence-corrected chi connectivity index (χ3v) is 1.02. The van der Waals surface area contributed by atoms with Crippen LogP contribution < -0.4 is 4.74 Å². The summed E-state index contributed by atoms with van der Waals surface area (Å²) < 4.78 is 38.4. The van der Waals surface area contributed by atoms with Gasteiger partial charge in [0.25, 0.3) is 0 Å². The molecule has 2 nitrogen and oxygen atoms in total. The Morgan fingerprint density at radius 2 is 2.08 bits per heavy atom. The molecule has 1 rings (SSSR count). The molecule has 0 aliphatic rings. The van der Waals surface area contributed by atoms with E-state index in [1.54, 1.807) is 0 Å². The number of ether oxygens (including phenoxy) is 1. The van der Waals surface area contributed by atoms with Crippen LogP contribution in [0, 0.1) is 6.92 Å². The highest BCUT2D eigenvalue weighted by Crippen LogP contribution is 2.21. The summed E-state index contributed by atoms with van der Waals surface area (Å²) in [5.74, 6) is -0.303. The van der Waals surface area contributed by atoms with E-state index < -0.39 is 6.36 Å². The summed E-state index contributed by atoms with van der Waals surface area (Å²) in [6, 6.07) is 2.22. The van der Waals surface area contributed by atoms with Gasteiger partial charge >= 0.3 is 6.36 Å². The van der Waals surface area contributed by atoms with Crippen LogP contribution in [0.4, 0.5) is 13.2 Å². The third kappa shape index (κ3) is 2.77. The third-order valence-electron chi connectivity index (χ3n) is 1.02. The number of alkyl halides is 3. The molecular formula is C7H5F3NO. The minimum atomic E-state index is -4.66. The summed E-state index contributed by atoms with van der Waals surface area (Å²) in [5, 5.41) is 0. The van der Waals surface area contributed by atoms with Crippen molar-refractivity contribution >= 4 is 0 Å². The van der Waals surface area contributed by atoms with E-state index in [0.29, 0.717) is 0 Å². The van der Waals surface area contributed by atoms with Crippen LogP contribution >= 0.6 is 0 Å². The molecule has 0 saturated carbocycles. The molecule has 12 heavy (non-hydrogen) atoms. The van der Waals surface area contributed by atoms with E-state index in [4.69, 9.17) is 0 Å². The summed E-state index contributed by atoms with van der Waals surface area (Å²) in [6.07, 6.45) is -3.46. The van der Waals surface area contributed by atoms with E-state index >= 15 is 0 Å². The lowest BCUT2D eigenvalue weighted by molar-refractivity contribution is -0.274. The second-order valence-corrected chi connectivity index (χ2v) is 2.03. The van der Waals surface area contributed by atoms with Gasteiger partial charge in [-0.2, -0.15) is 0 Å². The SMILES string of the molecule is [CH2]c1cc(OC(F)(F)F)ccn1. The number of hydrogen-bond acceptors (Lipinski definition) is 2. The van der Waals surface area contributed by atoms with E-state index in [1.165, 1.54) is 6.20 Å². The van der Waals surface area contributed by atoms with E-state index in [2.05, 4.69) is 16.6 Å². The van der Waals surface area contributed by atoms with Gasteiger partial charge in [0, 0.05) is 18.0 Å². The second kappa shape index (κ2) is 3.00. The van der Waals surface area contributed by atoms with Gasteiger partial charge in [-0.05, 0) is 13.0 Å². The fraction of sp³-hybridized carbons (Fsp3) is 0.143. The molecule has 0 amide bonds. The molecule has 65 valence electrons. The number of aromatic nitrogens is 1. The van der Waals surface area contributed by atoms with Gasteiger partial charge in [-0.3, -0.25) is 4.98 Å². The van der Waals surface area contributed by atoms with Crippen LogP contribution in [-0.4, -0.2) is 11.3 Å². The maximum atomic E-state index is 11.6. The number of nitrogens with zero attached hydrogens (tertiary/aromatic N) is 1. The molecule has 0 saturated heterocycles. The normalized spacial score (nSPS) is 11.3. The quantitative estimate of drug-likeness (QED) is 0.654. The Balaban J connectivity index is 2.77. The van der Waals surface area contributed by atoms with Crippen molar-refractivity contribution in [3.63, 3.8) is 0 Å². The number of hydrogen-bond donors (Lipinski definition) is 0. The number of rotatable bonds is 1. The van der Waals surface area contributed by atoms with Crippen molar-refractivity contribution < 1.29 is 17.9 Å². The molecule has 0 unspecified atom stereocenters. The van der Waals surface area contributed by atoms with Crippen molar-refractivity contribution in [2.45, 2.75) is 6.36 Å². The lowest BCUT2D eigenvalue weighted by atomic mass is 10.4. The van der Waals surface area contributed by atoms with Crippen molar-refractivity contribution in [1.82, 2.24) is 4.98 Å². The Morgan fingerprint density at radius 3 is 2.58 bits per heavy atom. The van der Waals surface area contributed by atoms with E-state index in [9.17, 15) is 13.2 Å². The molecule has 0 aliphatic carbocycles. The molecule has 0 fully saturated rings. The zero-order valence-corrected chi connectivity index (χ0v) is 5.93. The molecule has 0 aliphatic heterocycles. The number of pyridine rings is 1. The van der Waals surface area contributed by atoms with Gasteiger partial charge in [-0.25, -0.2) is 0 Å². The first-order chi connectivity index (χ1) is 5.47. The van der Waals surface area contributed by atoms with Crippen LogP contribution in [0.15, 0.2) is 18.3 Å². The van der Waals surface area contributed by atoms with Crippen molar-refractivity contribution in [3.05, 3.63) is 30.9 Å². The largest absolute Gasteiger partial charge is 0.573 e. The van der Waals surface area contributed by atoms with Crippen LogP contribution in [0.2, 0.25) is 0 Å². The van der Waals surface area contributed by atoms with Gasteiger partial charge in [0.15, 0.2) is 0 Å². The standard InChI is InChI=1S/C7H5F3NO/c1-5-4-6(2-3-11-5)12-7(8,9)10/h2-4H,1H2. The van der Waals surface area contributed by atoms with Crippen LogP contribution in [-0.2, 0) is 0 Å². The van der Waals surface area contributed by atoms with Crippen LogP contribution in [0.5, 0.6) is 5.75 Å². The Hall–Kier alpha value is -1.26. The van der Waals surface area contributed by atoms with Crippen molar-refractivity contribution in [3.8, 4) is 5.75 Å². The van der Waals surface area contributed by atoms with Crippen molar-refractivity contribution in [2.24, 2.45) is 0 Å². The summed E-state index contributed by atoms with van der Waals surface area (Å²) in [6.45, 7) is 3.35. The molecule has 1 radical (unpaired) electrons. The average Bonchev–Trinajstić information content (AvgIpc) is 1.82. The van der Waals surface area contributed by atoms with Gasteiger partial charge in [-0.15, -0.1) is 13.2 Å². The monoisotopic (exact) mass is 176 g/mol. The zero-order valence-electron chi connectivity index (χ0n) is 5.93. The van der Waals surface area contributed by atoms with E-state index in [1.807, 2.05) is 0 Å². The lowest BCUT2D eigenvalue weighted by Crippen LogP contribution is -2.17. The second-order valence-electron chi connectivity index (χ2n) is 2.03. The first-order valence-electron chi connectivity index (χ1n) is 3.01. The first kappa shape index (κ1) is 8.83. The molecule has 5 heteroatoms.